The number of Topliss-reactive ketones (excluding diaryl/α,β-unsaturated/α-hetero) is 1. The van der Waals surface area contributed by atoms with Gasteiger partial charge in [0.1, 0.15) is 5.78 Å². The summed E-state index contributed by atoms with van der Waals surface area (Å²) < 4.78 is 10.0. The molecule has 80 valence electrons. The molecular formula is C8H22N4O. The molecule has 5 N–H and O–H groups in total. The maximum Gasteiger partial charge on any atom is 0.185 e. The van der Waals surface area contributed by atoms with Crippen LogP contribution < -0.4 is 16.8 Å². The van der Waals surface area contributed by atoms with E-state index in [1.807, 2.05) is 0 Å². The highest BCUT2D eigenvalue weighted by Crippen LogP contribution is 1.98. The van der Waals surface area contributed by atoms with Gasteiger partial charge in [-0.15, -0.1) is 0 Å². The number of nitrogens with one attached hydrogen (secondary N) is 1. The summed E-state index contributed by atoms with van der Waals surface area (Å²) in [6.45, 7) is 2.15. The van der Waals surface area contributed by atoms with Gasteiger partial charge in [0, 0.05) is 10.9 Å². The average molecular weight is 193 g/mol. The maximum atomic E-state index is 11.0. The van der Waals surface area contributed by atoms with Crippen LogP contribution in [-0.4, -0.2) is 31.4 Å². The van der Waals surface area contributed by atoms with Crippen LogP contribution in [0.25, 0.3) is 0 Å². The molecule has 0 aromatic rings. The van der Waals surface area contributed by atoms with Gasteiger partial charge in [-0.25, -0.2) is 0 Å². The Morgan fingerprint density at radius 3 is 2.69 bits per heavy atom. The van der Waals surface area contributed by atoms with E-state index in [0.29, 0.717) is 6.54 Å². The van der Waals surface area contributed by atoms with E-state index < -0.39 is 0 Å². The van der Waals surface area contributed by atoms with Crippen molar-refractivity contribution < 1.29 is 9.19 Å². The van der Waals surface area contributed by atoms with Crippen molar-refractivity contribution >= 4 is 11.7 Å². The topological polar surface area (TPSA) is 93.5 Å². The Morgan fingerprint density at radius 2 is 2.31 bits per heavy atom. The zero-order valence-electron chi connectivity index (χ0n) is 10.2. The molecule has 5 heteroatoms. The van der Waals surface area contributed by atoms with Gasteiger partial charge in [-0.05, 0) is 26.8 Å². The molecule has 1 unspecified atom stereocenters. The molecule has 0 heterocycles. The molecule has 0 amide bonds. The molecule has 0 saturated carbocycles. The second-order valence-electron chi connectivity index (χ2n) is 2.90. The molecule has 0 aliphatic heterocycles. The van der Waals surface area contributed by atoms with Gasteiger partial charge in [0.25, 0.3) is 0 Å². The summed E-state index contributed by atoms with van der Waals surface area (Å²) >= 11 is 0. The second-order valence-corrected chi connectivity index (χ2v) is 2.90. The van der Waals surface area contributed by atoms with Gasteiger partial charge >= 0.3 is 0 Å². The van der Waals surface area contributed by atoms with E-state index in [1.165, 1.54) is 0 Å². The molecule has 0 spiro atoms. The van der Waals surface area contributed by atoms with Crippen LogP contribution in [0.4, 0.5) is 0 Å². The van der Waals surface area contributed by atoms with Crippen molar-refractivity contribution in [2.24, 2.45) is 16.5 Å². The highest BCUT2D eigenvalue weighted by Gasteiger charge is 2.09. The predicted octanol–water partition coefficient (Wildman–Crippen LogP) is -0.291. The first kappa shape index (κ1) is 9.98. The lowest BCUT2D eigenvalue weighted by Crippen LogP contribution is -2.32. The first-order valence-corrected chi connectivity index (χ1v) is 4.31. The largest absolute Gasteiger partial charge is 0.370 e. The van der Waals surface area contributed by atoms with Crippen LogP contribution in [0.3, 0.4) is 0 Å². The number of aliphatic imine (C=N–C) groups is 1. The summed E-state index contributed by atoms with van der Waals surface area (Å²) in [5.74, 6) is 0.246. The van der Waals surface area contributed by atoms with E-state index in [4.69, 9.17) is 14.4 Å². The quantitative estimate of drug-likeness (QED) is 0.307. The molecule has 0 aliphatic rings. The van der Waals surface area contributed by atoms with Crippen LogP contribution in [0, 0.1) is 0 Å². The Hall–Kier alpha value is -1.10. The number of ketones is 1. The summed E-state index contributed by atoms with van der Waals surface area (Å²) in [6, 6.07) is -0.0748. The number of nitrogens with two attached hydrogens (primary N) is 2. The van der Waals surface area contributed by atoms with Gasteiger partial charge in [-0.1, -0.05) is 0 Å². The minimum absolute atomic E-state index is 0. The predicted molar refractivity (Wildman–Crippen MR) is 57.7 cm³/mol. The molecule has 1 atom stereocenters. The summed E-state index contributed by atoms with van der Waals surface area (Å²) in [6.07, 6.45) is 1.58. The third kappa shape index (κ3) is 6.10. The van der Waals surface area contributed by atoms with Crippen LogP contribution >= 0.6 is 0 Å². The van der Waals surface area contributed by atoms with Crippen molar-refractivity contribution in [1.29, 1.82) is 0 Å². The summed E-state index contributed by atoms with van der Waals surface area (Å²) in [7, 11) is 1.77. The monoisotopic (exact) mass is 193 g/mol. The fraction of sp³-hybridized carbons (Fsp3) is 0.750. The van der Waals surface area contributed by atoms with E-state index in [1.54, 1.807) is 14.0 Å². The molecule has 0 fully saturated rings. The van der Waals surface area contributed by atoms with E-state index in [9.17, 15) is 4.79 Å². The zero-order valence-corrected chi connectivity index (χ0v) is 8.21. The highest BCUT2D eigenvalue weighted by molar-refractivity contribution is 5.81. The number of hydrogen-bond donors (Lipinski definition) is 3. The van der Waals surface area contributed by atoms with Crippen LogP contribution in [0.5, 0.6) is 0 Å². The van der Waals surface area contributed by atoms with Gasteiger partial charge in [0.15, 0.2) is 5.96 Å². The van der Waals surface area contributed by atoms with Crippen molar-refractivity contribution in [1.82, 2.24) is 5.32 Å². The number of carbonyl (C=O) groups is 1. The van der Waals surface area contributed by atoms with Crippen molar-refractivity contribution in [3.8, 4) is 0 Å². The number of likely N-dealkylation sites (N-methyl/N-ethyl adjacent to an activating group) is 1. The maximum absolute atomic E-state index is 11.0. The van der Waals surface area contributed by atoms with E-state index in [2.05, 4.69) is 10.3 Å². The zero-order chi connectivity index (χ0) is 12.3. The average Bonchev–Trinajstić information content (AvgIpc) is 2.20. The Kier molecular flexibility index (Phi) is 4.93. The number of carbonyl (C=O) groups excluding carboxylic acids is 1. The van der Waals surface area contributed by atoms with Crippen LogP contribution in [0.15, 0.2) is 4.99 Å². The van der Waals surface area contributed by atoms with E-state index in [0.717, 1.165) is 12.8 Å². The van der Waals surface area contributed by atoms with Gasteiger partial charge in [-0.2, -0.15) is 0 Å². The molecule has 5 nitrogen and oxygen atoms in total. The molecule has 0 aliphatic carbocycles. The summed E-state index contributed by atoms with van der Waals surface area (Å²) in [4.78, 5) is 14.8. The van der Waals surface area contributed by atoms with Gasteiger partial charge in [0.2, 0.25) is 0 Å². The van der Waals surface area contributed by atoms with E-state index in [-0.39, 0.29) is 19.2 Å². The minimum atomic E-state index is -0.0748. The number of rotatable bonds is 6. The molecule has 0 rings (SSSR count). The summed E-state index contributed by atoms with van der Waals surface area (Å²) in [5, 5.41) is 2.93. The third-order valence-electron chi connectivity index (χ3n) is 1.78. The van der Waals surface area contributed by atoms with Gasteiger partial charge in [0.05, 0.1) is 6.04 Å². The fourth-order valence-corrected chi connectivity index (χ4v) is 1.05. The minimum Gasteiger partial charge on any atom is -0.370 e. The SMILES string of the molecule is CNC(CCCN=C(N)N)C(C)=O.[2HH].[2H][2H]. The molecule has 0 bridgehead atoms. The van der Waals surface area contributed by atoms with Crippen molar-refractivity contribution in [2.45, 2.75) is 25.8 Å². The summed E-state index contributed by atoms with van der Waals surface area (Å²) in [5.41, 5.74) is 10.3. The van der Waals surface area contributed by atoms with Crippen molar-refractivity contribution in [2.75, 3.05) is 13.6 Å². The Morgan fingerprint density at radius 1 is 1.69 bits per heavy atom. The number of hydrogen-bond acceptors (Lipinski definition) is 3. The normalized spacial score (nSPS) is 12.8. The van der Waals surface area contributed by atoms with E-state index >= 15 is 0 Å². The molecular weight excluding hydrogens is 168 g/mol. The first-order valence-electron chi connectivity index (χ1n) is 5.31. The van der Waals surface area contributed by atoms with Crippen molar-refractivity contribution in [3.05, 3.63) is 0 Å². The number of nitrogens with zero attached hydrogens (tertiary/aromatic N) is 1. The number of guanidine groups is 1. The van der Waals surface area contributed by atoms with Crippen LogP contribution in [0.1, 0.15) is 24.2 Å². The lowest BCUT2D eigenvalue weighted by atomic mass is 10.1. The van der Waals surface area contributed by atoms with Crippen molar-refractivity contribution in [3.63, 3.8) is 0 Å². The second kappa shape index (κ2) is 6.42. The third-order valence-corrected chi connectivity index (χ3v) is 1.78. The van der Waals surface area contributed by atoms with Gasteiger partial charge < -0.3 is 16.8 Å². The molecule has 0 saturated heterocycles. The first-order chi connectivity index (χ1) is 7.07. The molecule has 0 aromatic heterocycles. The smallest absolute Gasteiger partial charge is 0.185 e. The van der Waals surface area contributed by atoms with Crippen LogP contribution in [-0.2, 0) is 4.79 Å². The molecule has 13 heavy (non-hydrogen) atoms. The Balaban J connectivity index is -0.000000529. The Labute approximate surface area is 83.2 Å². The molecule has 0 radical (unpaired) electrons. The fourth-order valence-electron chi connectivity index (χ4n) is 1.05. The van der Waals surface area contributed by atoms with Crippen LogP contribution in [0.2, 0.25) is 0 Å². The lowest BCUT2D eigenvalue weighted by molar-refractivity contribution is -0.119. The standard InChI is InChI=1S/C8H18N4O.2H2/c1-6(13)7(11-2)4-3-5-12-8(9)10;;/h7,11H,3-5H2,1-2H3,(H4,9,10,12);2*1H/i;1+1D;1+1. The van der Waals surface area contributed by atoms with Gasteiger partial charge in [-0.3, -0.25) is 9.79 Å². The lowest BCUT2D eigenvalue weighted by Gasteiger charge is -2.10. The Bertz CT molecular complexity index is 198. The molecule has 0 aromatic carbocycles. The highest BCUT2D eigenvalue weighted by atomic mass is 16.1.